The molecule has 0 bridgehead atoms. The first-order chi connectivity index (χ1) is 27.3. The maximum Gasteiger partial charge on any atom is 0.0440 e. The standard InChI is InChI=1S/C52H30N2S/c1-2-9-31(10-3-1)34-17-20-45-44(29-34)49-36-12-5-4-11-35(36)30-43(52(49)55-45)37-18-19-42-48-38(37)15-8-16-41(48)50-46(32-21-25-53-26-22-32)39-13-6-7-14-40(39)47(51(42)50)33-23-27-54-28-24-33/h1-30H. The molecule has 3 heteroatoms. The van der Waals surface area contributed by atoms with Crippen LogP contribution in [0.2, 0.25) is 0 Å². The van der Waals surface area contributed by atoms with Gasteiger partial charge in [-0.1, -0.05) is 115 Å². The summed E-state index contributed by atoms with van der Waals surface area (Å²) in [4.78, 5) is 8.82. The fourth-order valence-corrected chi connectivity index (χ4v) is 10.5. The molecule has 0 saturated heterocycles. The van der Waals surface area contributed by atoms with Crippen LogP contribution < -0.4 is 0 Å². The van der Waals surface area contributed by atoms with E-state index in [1.54, 1.807) is 0 Å². The highest BCUT2D eigenvalue weighted by atomic mass is 32.1. The molecular weight excluding hydrogens is 685 g/mol. The van der Waals surface area contributed by atoms with E-state index in [1.165, 1.54) is 119 Å². The highest BCUT2D eigenvalue weighted by Gasteiger charge is 2.31. The van der Waals surface area contributed by atoms with E-state index in [0.29, 0.717) is 0 Å². The summed E-state index contributed by atoms with van der Waals surface area (Å²) >= 11 is 1.91. The number of fused-ring (bicyclic) bond motifs is 9. The van der Waals surface area contributed by atoms with Crippen LogP contribution in [0, 0.1) is 0 Å². The number of aromatic nitrogens is 2. The second-order valence-electron chi connectivity index (χ2n) is 14.4. The van der Waals surface area contributed by atoms with Crippen LogP contribution in [0.1, 0.15) is 0 Å². The fraction of sp³-hybridized carbons (Fsp3) is 0. The van der Waals surface area contributed by atoms with Gasteiger partial charge in [0.25, 0.3) is 0 Å². The minimum atomic E-state index is 1.17. The van der Waals surface area contributed by atoms with E-state index in [9.17, 15) is 0 Å². The summed E-state index contributed by atoms with van der Waals surface area (Å²) < 4.78 is 2.64. The smallest absolute Gasteiger partial charge is 0.0440 e. The lowest BCUT2D eigenvalue weighted by Gasteiger charge is -2.20. The van der Waals surface area contributed by atoms with Crippen LogP contribution in [0.3, 0.4) is 0 Å². The summed E-state index contributed by atoms with van der Waals surface area (Å²) in [5, 5.41) is 10.3. The van der Waals surface area contributed by atoms with Gasteiger partial charge in [-0.3, -0.25) is 9.97 Å². The average Bonchev–Trinajstić information content (AvgIpc) is 3.81. The number of rotatable bonds is 4. The van der Waals surface area contributed by atoms with Gasteiger partial charge >= 0.3 is 0 Å². The average molecular weight is 715 g/mol. The number of hydrogen-bond acceptors (Lipinski definition) is 3. The molecule has 2 nitrogen and oxygen atoms in total. The highest BCUT2D eigenvalue weighted by Crippen LogP contribution is 2.59. The molecule has 0 saturated carbocycles. The number of hydrogen-bond donors (Lipinski definition) is 0. The van der Waals surface area contributed by atoms with Crippen LogP contribution in [-0.4, -0.2) is 9.97 Å². The summed E-state index contributed by atoms with van der Waals surface area (Å²) in [6.45, 7) is 0. The molecule has 0 unspecified atom stereocenters. The Morgan fingerprint density at radius 3 is 1.64 bits per heavy atom. The molecule has 55 heavy (non-hydrogen) atoms. The number of thiophene rings is 1. The van der Waals surface area contributed by atoms with E-state index in [4.69, 9.17) is 0 Å². The molecule has 0 aliphatic heterocycles. The van der Waals surface area contributed by atoms with Crippen LogP contribution in [-0.2, 0) is 0 Å². The Bertz CT molecular complexity index is 3260. The lowest BCUT2D eigenvalue weighted by atomic mass is 9.83. The van der Waals surface area contributed by atoms with Gasteiger partial charge in [-0.05, 0) is 136 Å². The lowest BCUT2D eigenvalue weighted by Crippen LogP contribution is -1.93. The predicted octanol–water partition coefficient (Wildman–Crippen LogP) is 14.6. The van der Waals surface area contributed by atoms with Crippen LogP contribution in [0.15, 0.2) is 183 Å². The minimum Gasteiger partial charge on any atom is -0.265 e. The van der Waals surface area contributed by atoms with Gasteiger partial charge < -0.3 is 0 Å². The van der Waals surface area contributed by atoms with E-state index >= 15 is 0 Å². The van der Waals surface area contributed by atoms with Crippen molar-refractivity contribution in [2.75, 3.05) is 0 Å². The largest absolute Gasteiger partial charge is 0.265 e. The van der Waals surface area contributed by atoms with Gasteiger partial charge in [-0.25, -0.2) is 0 Å². The van der Waals surface area contributed by atoms with E-state index in [1.807, 2.05) is 36.1 Å². The molecule has 254 valence electrons. The zero-order valence-electron chi connectivity index (χ0n) is 29.6. The summed E-state index contributed by atoms with van der Waals surface area (Å²) in [6.07, 6.45) is 7.64. The first-order valence-corrected chi connectivity index (χ1v) is 19.5. The fourth-order valence-electron chi connectivity index (χ4n) is 9.31. The molecule has 0 atom stereocenters. The van der Waals surface area contributed by atoms with Crippen LogP contribution in [0.25, 0.3) is 119 Å². The Labute approximate surface area is 321 Å². The number of nitrogens with zero attached hydrogens (tertiary/aromatic N) is 2. The highest BCUT2D eigenvalue weighted by molar-refractivity contribution is 7.26. The van der Waals surface area contributed by atoms with Crippen molar-refractivity contribution in [3.63, 3.8) is 0 Å². The third-order valence-electron chi connectivity index (χ3n) is 11.6. The Morgan fingerprint density at radius 1 is 0.327 bits per heavy atom. The molecule has 1 aliphatic rings. The monoisotopic (exact) mass is 714 g/mol. The van der Waals surface area contributed by atoms with Crippen LogP contribution >= 0.6 is 11.3 Å². The normalized spacial score (nSPS) is 12.0. The van der Waals surface area contributed by atoms with Gasteiger partial charge in [0.15, 0.2) is 0 Å². The second-order valence-corrected chi connectivity index (χ2v) is 15.5. The molecule has 0 amide bonds. The summed E-state index contributed by atoms with van der Waals surface area (Å²) in [5.74, 6) is 0. The van der Waals surface area contributed by atoms with Crippen LogP contribution in [0.5, 0.6) is 0 Å². The van der Waals surface area contributed by atoms with E-state index in [2.05, 4.69) is 168 Å². The zero-order chi connectivity index (χ0) is 36.0. The third-order valence-corrected chi connectivity index (χ3v) is 12.8. The molecule has 0 spiro atoms. The van der Waals surface area contributed by atoms with E-state index in [0.717, 1.165) is 0 Å². The Morgan fingerprint density at radius 2 is 0.927 bits per heavy atom. The Balaban J connectivity index is 1.19. The van der Waals surface area contributed by atoms with Gasteiger partial charge in [-0.15, -0.1) is 11.3 Å². The van der Waals surface area contributed by atoms with Crippen LogP contribution in [0.4, 0.5) is 0 Å². The molecular formula is C52H30N2S. The Hall–Kier alpha value is -6.94. The summed E-state index contributed by atoms with van der Waals surface area (Å²) in [6, 6.07) is 58.2. The molecule has 3 aromatic heterocycles. The van der Waals surface area contributed by atoms with E-state index in [-0.39, 0.29) is 0 Å². The quantitative estimate of drug-likeness (QED) is 0.181. The lowest BCUT2D eigenvalue weighted by molar-refractivity contribution is 1.33. The number of pyridine rings is 2. The maximum absolute atomic E-state index is 4.41. The van der Waals surface area contributed by atoms with Crippen molar-refractivity contribution >= 4 is 63.8 Å². The second kappa shape index (κ2) is 11.8. The molecule has 0 radical (unpaired) electrons. The van der Waals surface area contributed by atoms with Crippen molar-refractivity contribution in [1.29, 1.82) is 0 Å². The first-order valence-electron chi connectivity index (χ1n) is 18.7. The van der Waals surface area contributed by atoms with Gasteiger partial charge in [0, 0.05) is 50.5 Å². The molecule has 0 N–H and O–H groups in total. The van der Waals surface area contributed by atoms with Gasteiger partial charge in [0.1, 0.15) is 0 Å². The van der Waals surface area contributed by atoms with Crippen molar-refractivity contribution < 1.29 is 0 Å². The third kappa shape index (κ3) is 4.42. The molecule has 8 aromatic carbocycles. The van der Waals surface area contributed by atoms with Crippen molar-refractivity contribution in [3.8, 4) is 66.8 Å². The van der Waals surface area contributed by atoms with Gasteiger partial charge in [-0.2, -0.15) is 0 Å². The molecule has 12 rings (SSSR count). The first kappa shape index (κ1) is 30.5. The van der Waals surface area contributed by atoms with Crippen molar-refractivity contribution in [2.24, 2.45) is 0 Å². The van der Waals surface area contributed by atoms with Crippen molar-refractivity contribution in [2.45, 2.75) is 0 Å². The van der Waals surface area contributed by atoms with E-state index < -0.39 is 0 Å². The van der Waals surface area contributed by atoms with Gasteiger partial charge in [0.2, 0.25) is 0 Å². The summed E-state index contributed by atoms with van der Waals surface area (Å²) in [5.41, 5.74) is 15.0. The zero-order valence-corrected chi connectivity index (χ0v) is 30.4. The maximum atomic E-state index is 4.41. The molecule has 3 heterocycles. The summed E-state index contributed by atoms with van der Waals surface area (Å²) in [7, 11) is 0. The molecule has 0 fully saturated rings. The minimum absolute atomic E-state index is 1.17. The Kier molecular flexibility index (Phi) is 6.54. The topological polar surface area (TPSA) is 25.8 Å². The SMILES string of the molecule is c1ccc(-c2ccc3sc4c(-c5ccc6c7c(cccc57)-c5c-6c(-c6ccncc6)c6ccccc6c5-c5ccncc5)cc5ccccc5c4c3c2)cc1. The van der Waals surface area contributed by atoms with Crippen molar-refractivity contribution in [1.82, 2.24) is 9.97 Å². The number of benzene rings is 8. The molecule has 1 aliphatic carbocycles. The van der Waals surface area contributed by atoms with Gasteiger partial charge in [0.05, 0.1) is 0 Å². The van der Waals surface area contributed by atoms with Crippen molar-refractivity contribution in [3.05, 3.63) is 183 Å². The predicted molar refractivity (Wildman–Crippen MR) is 234 cm³/mol. The molecule has 11 aromatic rings.